The molecule has 5 rings (SSSR count). The molecule has 0 saturated carbocycles. The van der Waals surface area contributed by atoms with Crippen LogP contribution < -0.4 is 9.64 Å². The Hall–Kier alpha value is -2.47. The first-order valence-corrected chi connectivity index (χ1v) is 9.60. The van der Waals surface area contributed by atoms with Crippen molar-refractivity contribution >= 4 is 38.4 Å². The molecule has 0 saturated heterocycles. The maximum atomic E-state index is 14.4. The van der Waals surface area contributed by atoms with Crippen LogP contribution in [0, 0.1) is 11.7 Å². The first kappa shape index (κ1) is 16.7. The molecule has 2 aliphatic heterocycles. The van der Waals surface area contributed by atoms with Crippen molar-refractivity contribution in [2.24, 2.45) is 5.92 Å². The summed E-state index contributed by atoms with van der Waals surface area (Å²) in [5, 5.41) is 0.735. The molecule has 0 bridgehead atoms. The van der Waals surface area contributed by atoms with Gasteiger partial charge in [0, 0.05) is 30.0 Å². The van der Waals surface area contributed by atoms with E-state index in [4.69, 9.17) is 4.74 Å². The Balaban J connectivity index is 1.74. The van der Waals surface area contributed by atoms with Gasteiger partial charge in [0.15, 0.2) is 0 Å². The number of aromatic nitrogens is 1. The molecule has 2 atom stereocenters. The Morgan fingerprint density at radius 3 is 2.89 bits per heavy atom. The molecule has 27 heavy (non-hydrogen) atoms. The molecule has 3 heterocycles. The van der Waals surface area contributed by atoms with E-state index in [2.05, 4.69) is 33.0 Å². The van der Waals surface area contributed by atoms with Gasteiger partial charge in [0.25, 0.3) is 0 Å². The van der Waals surface area contributed by atoms with E-state index in [1.165, 1.54) is 6.07 Å². The number of carbonyl (C=O) groups is 1. The second-order valence-corrected chi connectivity index (χ2v) is 7.88. The SMILES string of the molecule is CN1C(=O)C2c3c1cnc1cc(F)c(Br)c(c31)OC[C@H]2Cc1ccccc1. The lowest BCUT2D eigenvalue weighted by molar-refractivity contribution is -0.120. The van der Waals surface area contributed by atoms with Gasteiger partial charge in [0.05, 0.1) is 34.4 Å². The Morgan fingerprint density at radius 2 is 2.11 bits per heavy atom. The van der Waals surface area contributed by atoms with Crippen LogP contribution in [0.5, 0.6) is 5.75 Å². The highest BCUT2D eigenvalue weighted by Gasteiger charge is 2.44. The number of carbonyl (C=O) groups excluding carboxylic acids is 1. The highest BCUT2D eigenvalue weighted by Crippen LogP contribution is 2.51. The molecule has 1 amide bonds. The van der Waals surface area contributed by atoms with Crippen LogP contribution in [0.25, 0.3) is 10.9 Å². The first-order valence-electron chi connectivity index (χ1n) is 8.81. The second kappa shape index (κ2) is 6.02. The minimum Gasteiger partial charge on any atom is -0.491 e. The number of pyridine rings is 1. The molecule has 1 unspecified atom stereocenters. The number of halogens is 2. The van der Waals surface area contributed by atoms with Crippen molar-refractivity contribution < 1.29 is 13.9 Å². The van der Waals surface area contributed by atoms with E-state index in [1.807, 2.05) is 18.2 Å². The zero-order valence-electron chi connectivity index (χ0n) is 14.6. The van der Waals surface area contributed by atoms with Crippen molar-refractivity contribution in [3.8, 4) is 5.75 Å². The van der Waals surface area contributed by atoms with E-state index < -0.39 is 5.82 Å². The molecular weight excluding hydrogens is 411 g/mol. The molecular formula is C21H16BrFN2O2. The summed E-state index contributed by atoms with van der Waals surface area (Å²) in [5.41, 5.74) is 3.34. The molecule has 2 aliphatic rings. The number of rotatable bonds is 2. The largest absolute Gasteiger partial charge is 0.491 e. The summed E-state index contributed by atoms with van der Waals surface area (Å²) < 4.78 is 20.7. The lowest BCUT2D eigenvalue weighted by Gasteiger charge is -2.21. The van der Waals surface area contributed by atoms with Gasteiger partial charge in [0.1, 0.15) is 11.6 Å². The average molecular weight is 427 g/mol. The van der Waals surface area contributed by atoms with Crippen LogP contribution >= 0.6 is 15.9 Å². The summed E-state index contributed by atoms with van der Waals surface area (Å²) >= 11 is 3.32. The molecule has 0 N–H and O–H groups in total. The topological polar surface area (TPSA) is 42.4 Å². The van der Waals surface area contributed by atoms with Crippen molar-refractivity contribution in [3.05, 3.63) is 64.0 Å². The number of hydrogen-bond acceptors (Lipinski definition) is 3. The highest BCUT2D eigenvalue weighted by molar-refractivity contribution is 9.10. The summed E-state index contributed by atoms with van der Waals surface area (Å²) in [6.45, 7) is 0.338. The number of amides is 1. The zero-order chi connectivity index (χ0) is 18.7. The third-order valence-electron chi connectivity index (χ3n) is 5.55. The summed E-state index contributed by atoms with van der Waals surface area (Å²) in [6, 6.07) is 11.5. The summed E-state index contributed by atoms with van der Waals surface area (Å²) in [6.07, 6.45) is 2.38. The molecule has 0 fully saturated rings. The molecule has 1 aromatic heterocycles. The monoisotopic (exact) mass is 426 g/mol. The van der Waals surface area contributed by atoms with Crippen LogP contribution in [-0.2, 0) is 11.2 Å². The molecule has 4 nitrogen and oxygen atoms in total. The molecule has 3 aromatic rings. The number of hydrogen-bond donors (Lipinski definition) is 0. The predicted molar refractivity (Wildman–Crippen MR) is 105 cm³/mol. The molecule has 0 radical (unpaired) electrons. The zero-order valence-corrected chi connectivity index (χ0v) is 16.2. The van der Waals surface area contributed by atoms with E-state index >= 15 is 0 Å². The van der Waals surface area contributed by atoms with Gasteiger partial charge < -0.3 is 9.64 Å². The molecule has 6 heteroatoms. The number of nitrogens with zero attached hydrogens (tertiary/aromatic N) is 2. The number of anilines is 1. The Kier molecular flexibility index (Phi) is 3.72. The lowest BCUT2D eigenvalue weighted by Crippen LogP contribution is -2.31. The van der Waals surface area contributed by atoms with Crippen molar-refractivity contribution in [2.75, 3.05) is 18.6 Å². The van der Waals surface area contributed by atoms with Crippen LogP contribution in [0.1, 0.15) is 17.0 Å². The highest BCUT2D eigenvalue weighted by atomic mass is 79.9. The molecule has 0 aliphatic carbocycles. The second-order valence-electron chi connectivity index (χ2n) is 7.09. The maximum Gasteiger partial charge on any atom is 0.234 e. The van der Waals surface area contributed by atoms with Crippen molar-refractivity contribution in [1.82, 2.24) is 4.98 Å². The fourth-order valence-electron chi connectivity index (χ4n) is 4.27. The van der Waals surface area contributed by atoms with Crippen molar-refractivity contribution in [3.63, 3.8) is 0 Å². The fraction of sp³-hybridized carbons (Fsp3) is 0.238. The van der Waals surface area contributed by atoms with Gasteiger partial charge >= 0.3 is 0 Å². The fourth-order valence-corrected chi connectivity index (χ4v) is 4.69. The van der Waals surface area contributed by atoms with E-state index in [-0.39, 0.29) is 22.2 Å². The van der Waals surface area contributed by atoms with E-state index in [0.717, 1.165) is 22.2 Å². The number of benzene rings is 2. The minimum atomic E-state index is -0.416. The predicted octanol–water partition coefficient (Wildman–Crippen LogP) is 4.45. The lowest BCUT2D eigenvalue weighted by atomic mass is 9.82. The van der Waals surface area contributed by atoms with Crippen LogP contribution in [0.15, 0.2) is 47.1 Å². The van der Waals surface area contributed by atoms with Gasteiger partial charge in [-0.2, -0.15) is 0 Å². The first-order chi connectivity index (χ1) is 13.1. The Labute approximate surface area is 164 Å². The summed E-state index contributed by atoms with van der Waals surface area (Å²) in [7, 11) is 1.77. The van der Waals surface area contributed by atoms with Gasteiger partial charge in [-0.3, -0.25) is 9.78 Å². The van der Waals surface area contributed by atoms with Crippen LogP contribution in [0.3, 0.4) is 0 Å². The van der Waals surface area contributed by atoms with E-state index in [9.17, 15) is 9.18 Å². The Morgan fingerprint density at radius 1 is 1.33 bits per heavy atom. The molecule has 2 aromatic carbocycles. The quantitative estimate of drug-likeness (QED) is 0.607. The van der Waals surface area contributed by atoms with E-state index in [0.29, 0.717) is 24.3 Å². The van der Waals surface area contributed by atoms with Gasteiger partial charge in [-0.15, -0.1) is 0 Å². The molecule has 136 valence electrons. The van der Waals surface area contributed by atoms with Crippen molar-refractivity contribution in [2.45, 2.75) is 12.3 Å². The maximum absolute atomic E-state index is 14.4. The van der Waals surface area contributed by atoms with Crippen LogP contribution in [0.4, 0.5) is 10.1 Å². The van der Waals surface area contributed by atoms with Gasteiger partial charge in [0.2, 0.25) is 5.91 Å². The third kappa shape index (κ3) is 2.39. The normalized spacial score (nSPS) is 20.7. The van der Waals surface area contributed by atoms with Gasteiger partial charge in [-0.05, 0) is 27.9 Å². The number of likely N-dealkylation sites (N-methyl/N-ethyl adjacent to an activating group) is 1. The van der Waals surface area contributed by atoms with Crippen LogP contribution in [0.2, 0.25) is 0 Å². The van der Waals surface area contributed by atoms with Crippen molar-refractivity contribution in [1.29, 1.82) is 0 Å². The average Bonchev–Trinajstić information content (AvgIpc) is 2.82. The minimum absolute atomic E-state index is 0.0390. The standard InChI is InChI=1S/C21H16BrFN2O2/c1-25-15-9-24-14-8-13(23)19(22)20-17(14)18(15)16(21(25)26)12(10-27-20)7-11-5-3-2-4-6-11/h2-6,8-9,12,16H,7,10H2,1H3/t12-,16?/m1/s1. The van der Waals surface area contributed by atoms with Crippen LogP contribution in [-0.4, -0.2) is 24.5 Å². The van der Waals surface area contributed by atoms with Gasteiger partial charge in [-0.1, -0.05) is 30.3 Å². The molecule has 0 spiro atoms. The van der Waals surface area contributed by atoms with E-state index in [1.54, 1.807) is 18.1 Å². The van der Waals surface area contributed by atoms with Gasteiger partial charge in [-0.25, -0.2) is 4.39 Å². The summed E-state index contributed by atoms with van der Waals surface area (Å²) in [5.74, 6) is -0.304. The Bertz CT molecular complexity index is 1090. The number of ether oxygens (including phenoxy) is 1. The third-order valence-corrected chi connectivity index (χ3v) is 6.29. The smallest absolute Gasteiger partial charge is 0.234 e. The summed E-state index contributed by atoms with van der Waals surface area (Å²) in [4.78, 5) is 19.2.